The molecule has 0 rings (SSSR count). The molecule has 0 heterocycles. The molecule has 0 aromatic heterocycles. The predicted molar refractivity (Wildman–Crippen MR) is 53.6 cm³/mol. The molecule has 0 radical (unpaired) electrons. The van der Waals surface area contributed by atoms with E-state index in [1.165, 1.54) is 0 Å². The number of carbonyl (C=O) groups is 1. The molecule has 1 N–H and O–H groups in total. The molecule has 0 aliphatic rings. The van der Waals surface area contributed by atoms with Gasteiger partial charge in [-0.1, -0.05) is 27.2 Å². The van der Waals surface area contributed by atoms with Crippen molar-refractivity contribution in [3.8, 4) is 0 Å². The Balaban J connectivity index is 3.57. The van der Waals surface area contributed by atoms with E-state index in [-0.39, 0.29) is 12.0 Å². The van der Waals surface area contributed by atoms with E-state index in [9.17, 15) is 4.79 Å². The van der Waals surface area contributed by atoms with Crippen molar-refractivity contribution in [1.82, 2.24) is 5.32 Å². The molecule has 1 atom stereocenters. The quantitative estimate of drug-likeness (QED) is 0.508. The third-order valence-electron chi connectivity index (χ3n) is 1.68. The molecule has 13 heavy (non-hydrogen) atoms. The molecule has 0 aliphatic heterocycles. The molecule has 0 spiro atoms. The smallest absolute Gasteiger partial charge is 0.322 e. The topological polar surface area (TPSA) is 38.3 Å². The van der Waals surface area contributed by atoms with Crippen LogP contribution in [0.1, 0.15) is 40.5 Å². The summed E-state index contributed by atoms with van der Waals surface area (Å²) in [5.74, 6) is -0.151. The van der Waals surface area contributed by atoms with Crippen LogP contribution in [0, 0.1) is 0 Å². The predicted octanol–water partition coefficient (Wildman–Crippen LogP) is 1.72. The van der Waals surface area contributed by atoms with Gasteiger partial charge in [-0.25, -0.2) is 0 Å². The number of unbranched alkanes of at least 4 members (excludes halogenated alkanes) is 1. The molecule has 0 saturated heterocycles. The highest BCUT2D eigenvalue weighted by atomic mass is 16.5. The summed E-state index contributed by atoms with van der Waals surface area (Å²) in [4.78, 5) is 11.3. The van der Waals surface area contributed by atoms with Crippen LogP contribution in [0.4, 0.5) is 0 Å². The number of esters is 1. The molecule has 0 fully saturated rings. The molecule has 0 aromatic carbocycles. The van der Waals surface area contributed by atoms with Crippen LogP contribution in [-0.4, -0.2) is 24.7 Å². The highest BCUT2D eigenvalue weighted by molar-refractivity contribution is 5.75. The minimum Gasteiger partial charge on any atom is -0.465 e. The van der Waals surface area contributed by atoms with E-state index in [4.69, 9.17) is 4.74 Å². The summed E-state index contributed by atoms with van der Waals surface area (Å²) in [5.41, 5.74) is 0. The standard InChI is InChI=1S/C10H21NO2/c1-5-6-7-13-10(12)9(4)11-8(2)3/h8-9,11H,5-7H2,1-4H3/t9-/m1/s1. The normalized spacial score (nSPS) is 13.0. The Hall–Kier alpha value is -0.570. The highest BCUT2D eigenvalue weighted by Crippen LogP contribution is 1.94. The highest BCUT2D eigenvalue weighted by Gasteiger charge is 2.13. The zero-order valence-corrected chi connectivity index (χ0v) is 9.09. The summed E-state index contributed by atoms with van der Waals surface area (Å²) in [6.07, 6.45) is 2.00. The van der Waals surface area contributed by atoms with Crippen LogP contribution < -0.4 is 5.32 Å². The molecule has 0 saturated carbocycles. The first-order chi connectivity index (χ1) is 6.07. The molecule has 3 nitrogen and oxygen atoms in total. The molecule has 0 amide bonds. The zero-order valence-electron chi connectivity index (χ0n) is 9.09. The largest absolute Gasteiger partial charge is 0.465 e. The first kappa shape index (κ1) is 12.4. The number of rotatable bonds is 6. The van der Waals surface area contributed by atoms with Crippen molar-refractivity contribution in [2.24, 2.45) is 0 Å². The second-order valence-electron chi connectivity index (χ2n) is 3.56. The lowest BCUT2D eigenvalue weighted by Gasteiger charge is -2.15. The average Bonchev–Trinajstić information content (AvgIpc) is 2.03. The first-order valence-corrected chi connectivity index (χ1v) is 5.00. The van der Waals surface area contributed by atoms with Gasteiger partial charge in [0.1, 0.15) is 6.04 Å². The summed E-state index contributed by atoms with van der Waals surface area (Å²) < 4.78 is 5.04. The molecular formula is C10H21NO2. The summed E-state index contributed by atoms with van der Waals surface area (Å²) in [5, 5.41) is 3.09. The summed E-state index contributed by atoms with van der Waals surface area (Å²) in [7, 11) is 0. The summed E-state index contributed by atoms with van der Waals surface area (Å²) in [6, 6.07) is 0.116. The van der Waals surface area contributed by atoms with Crippen LogP contribution in [-0.2, 0) is 9.53 Å². The maximum atomic E-state index is 11.3. The Labute approximate surface area is 80.8 Å². The van der Waals surface area contributed by atoms with E-state index in [0.29, 0.717) is 12.6 Å². The molecule has 3 heteroatoms. The molecule has 0 aromatic rings. The lowest BCUT2D eigenvalue weighted by Crippen LogP contribution is -2.39. The fourth-order valence-corrected chi connectivity index (χ4v) is 1.01. The fraction of sp³-hybridized carbons (Fsp3) is 0.900. The zero-order chi connectivity index (χ0) is 10.3. The lowest BCUT2D eigenvalue weighted by molar-refractivity contribution is -0.146. The second kappa shape index (κ2) is 6.89. The van der Waals surface area contributed by atoms with Crippen molar-refractivity contribution < 1.29 is 9.53 Å². The van der Waals surface area contributed by atoms with Gasteiger partial charge >= 0.3 is 5.97 Å². The number of carbonyl (C=O) groups excluding carboxylic acids is 1. The maximum absolute atomic E-state index is 11.3. The molecule has 0 aliphatic carbocycles. The van der Waals surface area contributed by atoms with Gasteiger partial charge in [-0.2, -0.15) is 0 Å². The van der Waals surface area contributed by atoms with Crippen LogP contribution in [0.5, 0.6) is 0 Å². The molecular weight excluding hydrogens is 166 g/mol. The van der Waals surface area contributed by atoms with Gasteiger partial charge in [0, 0.05) is 6.04 Å². The SMILES string of the molecule is CCCCOC(=O)[C@@H](C)NC(C)C. The van der Waals surface area contributed by atoms with Crippen LogP contribution >= 0.6 is 0 Å². The fourth-order valence-electron chi connectivity index (χ4n) is 1.01. The third kappa shape index (κ3) is 6.58. The van der Waals surface area contributed by atoms with Crippen LogP contribution in [0.3, 0.4) is 0 Å². The Morgan fingerprint density at radius 3 is 2.46 bits per heavy atom. The Bertz CT molecular complexity index is 146. The number of ether oxygens (including phenoxy) is 1. The molecule has 0 unspecified atom stereocenters. The van der Waals surface area contributed by atoms with Gasteiger partial charge in [-0.15, -0.1) is 0 Å². The van der Waals surface area contributed by atoms with Gasteiger partial charge in [0.25, 0.3) is 0 Å². The lowest BCUT2D eigenvalue weighted by atomic mass is 10.3. The minimum absolute atomic E-state index is 0.151. The third-order valence-corrected chi connectivity index (χ3v) is 1.68. The molecule has 78 valence electrons. The molecule has 0 bridgehead atoms. The number of nitrogens with one attached hydrogen (secondary N) is 1. The van der Waals surface area contributed by atoms with Gasteiger partial charge < -0.3 is 10.1 Å². The summed E-state index contributed by atoms with van der Waals surface area (Å²) in [6.45, 7) is 8.46. The van der Waals surface area contributed by atoms with E-state index < -0.39 is 0 Å². The Kier molecular flexibility index (Phi) is 6.59. The van der Waals surface area contributed by atoms with Crippen molar-refractivity contribution >= 4 is 5.97 Å². The maximum Gasteiger partial charge on any atom is 0.322 e. The second-order valence-corrected chi connectivity index (χ2v) is 3.56. The van der Waals surface area contributed by atoms with Crippen molar-refractivity contribution in [1.29, 1.82) is 0 Å². The van der Waals surface area contributed by atoms with E-state index in [1.54, 1.807) is 0 Å². The van der Waals surface area contributed by atoms with Crippen LogP contribution in [0.15, 0.2) is 0 Å². The monoisotopic (exact) mass is 187 g/mol. The van der Waals surface area contributed by atoms with Gasteiger partial charge in [0.2, 0.25) is 0 Å². The Morgan fingerprint density at radius 2 is 2.00 bits per heavy atom. The van der Waals surface area contributed by atoms with E-state index in [2.05, 4.69) is 12.2 Å². The van der Waals surface area contributed by atoms with Crippen molar-refractivity contribution in [2.45, 2.75) is 52.6 Å². The van der Waals surface area contributed by atoms with Crippen molar-refractivity contribution in [2.75, 3.05) is 6.61 Å². The van der Waals surface area contributed by atoms with E-state index in [1.807, 2.05) is 20.8 Å². The van der Waals surface area contributed by atoms with Crippen molar-refractivity contribution in [3.05, 3.63) is 0 Å². The van der Waals surface area contributed by atoms with Crippen molar-refractivity contribution in [3.63, 3.8) is 0 Å². The number of hydrogen-bond donors (Lipinski definition) is 1. The minimum atomic E-state index is -0.197. The van der Waals surface area contributed by atoms with Gasteiger partial charge in [-0.05, 0) is 13.3 Å². The van der Waals surface area contributed by atoms with Crippen LogP contribution in [0.25, 0.3) is 0 Å². The first-order valence-electron chi connectivity index (χ1n) is 5.00. The van der Waals surface area contributed by atoms with E-state index in [0.717, 1.165) is 12.8 Å². The van der Waals surface area contributed by atoms with E-state index >= 15 is 0 Å². The van der Waals surface area contributed by atoms with Gasteiger partial charge in [0.15, 0.2) is 0 Å². The van der Waals surface area contributed by atoms with Crippen LogP contribution in [0.2, 0.25) is 0 Å². The van der Waals surface area contributed by atoms with Gasteiger partial charge in [-0.3, -0.25) is 4.79 Å². The summed E-state index contributed by atoms with van der Waals surface area (Å²) >= 11 is 0. The Morgan fingerprint density at radius 1 is 1.38 bits per heavy atom. The average molecular weight is 187 g/mol. The number of hydrogen-bond acceptors (Lipinski definition) is 3. The van der Waals surface area contributed by atoms with Gasteiger partial charge in [0.05, 0.1) is 6.61 Å².